The molecule has 1 aliphatic heterocycles. The summed E-state index contributed by atoms with van der Waals surface area (Å²) >= 11 is 0. The van der Waals surface area contributed by atoms with Crippen LogP contribution in [0.5, 0.6) is 5.75 Å². The van der Waals surface area contributed by atoms with Crippen molar-refractivity contribution in [2.24, 2.45) is 0 Å². The van der Waals surface area contributed by atoms with Gasteiger partial charge in [0.25, 0.3) is 5.69 Å². The Morgan fingerprint density at radius 2 is 1.80 bits per heavy atom. The molecular formula is C18H19N3O4. The van der Waals surface area contributed by atoms with Gasteiger partial charge in [0.1, 0.15) is 5.75 Å². The minimum absolute atomic E-state index is 0.0402. The van der Waals surface area contributed by atoms with Crippen molar-refractivity contribution in [3.05, 3.63) is 70.3 Å². The van der Waals surface area contributed by atoms with Gasteiger partial charge in [-0.25, -0.2) is 4.79 Å². The van der Waals surface area contributed by atoms with Crippen molar-refractivity contribution >= 4 is 11.8 Å². The van der Waals surface area contributed by atoms with E-state index in [1.165, 1.54) is 24.3 Å². The van der Waals surface area contributed by atoms with Crippen LogP contribution in [0, 0.1) is 10.1 Å². The number of nitrogens with zero attached hydrogens (tertiary/aromatic N) is 3. The predicted molar refractivity (Wildman–Crippen MR) is 92.5 cm³/mol. The quantitative estimate of drug-likeness (QED) is 0.633. The molecule has 1 atom stereocenters. The molecule has 1 fully saturated rings. The topological polar surface area (TPSA) is 75.9 Å². The van der Waals surface area contributed by atoms with Gasteiger partial charge in [-0.1, -0.05) is 30.3 Å². The van der Waals surface area contributed by atoms with Gasteiger partial charge in [-0.05, 0) is 24.7 Å². The summed E-state index contributed by atoms with van der Waals surface area (Å²) in [6.07, 6.45) is -0.448. The summed E-state index contributed by atoms with van der Waals surface area (Å²) in [5.74, 6) is 0.293. The number of rotatable bonds is 3. The number of piperazine rings is 1. The third-order valence-electron chi connectivity index (χ3n) is 4.26. The molecular weight excluding hydrogens is 322 g/mol. The number of amides is 1. The van der Waals surface area contributed by atoms with E-state index in [4.69, 9.17) is 4.74 Å². The van der Waals surface area contributed by atoms with E-state index >= 15 is 0 Å². The lowest BCUT2D eigenvalue weighted by atomic mass is 10.0. The fourth-order valence-electron chi connectivity index (χ4n) is 2.89. The second-order valence-electron chi connectivity index (χ2n) is 6.00. The number of hydrogen-bond donors (Lipinski definition) is 0. The molecule has 2 aromatic carbocycles. The molecule has 2 aromatic rings. The first kappa shape index (κ1) is 16.9. The van der Waals surface area contributed by atoms with Crippen molar-refractivity contribution < 1.29 is 14.5 Å². The first-order chi connectivity index (χ1) is 12.0. The maximum Gasteiger partial charge on any atom is 0.415 e. The number of nitro benzene ring substituents is 1. The number of non-ortho nitro benzene ring substituents is 1. The number of carbonyl (C=O) groups excluding carboxylic acids is 1. The zero-order valence-electron chi connectivity index (χ0n) is 13.9. The van der Waals surface area contributed by atoms with Crippen molar-refractivity contribution in [3.8, 4) is 5.75 Å². The van der Waals surface area contributed by atoms with Crippen molar-refractivity contribution in [1.29, 1.82) is 0 Å². The third kappa shape index (κ3) is 3.95. The Kier molecular flexibility index (Phi) is 4.95. The minimum atomic E-state index is -0.489. The summed E-state index contributed by atoms with van der Waals surface area (Å²) in [7, 11) is 2.02. The Morgan fingerprint density at radius 3 is 2.44 bits per heavy atom. The molecule has 0 saturated carbocycles. The van der Waals surface area contributed by atoms with Crippen LogP contribution >= 0.6 is 0 Å². The Balaban J connectivity index is 1.75. The highest BCUT2D eigenvalue weighted by atomic mass is 16.6. The second kappa shape index (κ2) is 7.31. The smallest absolute Gasteiger partial charge is 0.410 e. The van der Waals surface area contributed by atoms with Gasteiger partial charge >= 0.3 is 6.09 Å². The van der Waals surface area contributed by atoms with Crippen LogP contribution in [-0.4, -0.2) is 47.5 Å². The fourth-order valence-corrected chi connectivity index (χ4v) is 2.89. The van der Waals surface area contributed by atoms with Crippen molar-refractivity contribution in [1.82, 2.24) is 9.80 Å². The van der Waals surface area contributed by atoms with E-state index in [9.17, 15) is 14.9 Å². The lowest BCUT2D eigenvalue weighted by molar-refractivity contribution is -0.384. The summed E-state index contributed by atoms with van der Waals surface area (Å²) in [5, 5.41) is 10.7. The third-order valence-corrected chi connectivity index (χ3v) is 4.26. The van der Waals surface area contributed by atoms with E-state index in [1.54, 1.807) is 4.90 Å². The molecule has 0 aliphatic carbocycles. The Bertz CT molecular complexity index is 749. The van der Waals surface area contributed by atoms with Crippen LogP contribution in [-0.2, 0) is 0 Å². The maximum atomic E-state index is 12.6. The van der Waals surface area contributed by atoms with Gasteiger partial charge in [-0.3, -0.25) is 15.0 Å². The van der Waals surface area contributed by atoms with Crippen LogP contribution in [0.1, 0.15) is 11.6 Å². The molecule has 1 heterocycles. The molecule has 7 heteroatoms. The number of carbonyl (C=O) groups is 1. The molecule has 1 saturated heterocycles. The number of likely N-dealkylation sites (N-methyl/N-ethyl adjacent to an activating group) is 1. The molecule has 0 bridgehead atoms. The van der Waals surface area contributed by atoms with Crippen molar-refractivity contribution in [2.45, 2.75) is 6.04 Å². The van der Waals surface area contributed by atoms with Crippen LogP contribution < -0.4 is 4.74 Å². The maximum absolute atomic E-state index is 12.6. The molecule has 7 nitrogen and oxygen atoms in total. The van der Waals surface area contributed by atoms with Gasteiger partial charge in [0.2, 0.25) is 0 Å². The average Bonchev–Trinajstić information content (AvgIpc) is 2.62. The van der Waals surface area contributed by atoms with Crippen LogP contribution in [0.2, 0.25) is 0 Å². The highest BCUT2D eigenvalue weighted by molar-refractivity contribution is 5.71. The van der Waals surface area contributed by atoms with E-state index in [0.29, 0.717) is 12.3 Å². The lowest BCUT2D eigenvalue weighted by Crippen LogP contribution is -2.50. The fraction of sp³-hybridized carbons (Fsp3) is 0.278. The predicted octanol–water partition coefficient (Wildman–Crippen LogP) is 3.08. The first-order valence-electron chi connectivity index (χ1n) is 8.01. The highest BCUT2D eigenvalue weighted by Gasteiger charge is 2.31. The molecule has 0 spiro atoms. The second-order valence-corrected chi connectivity index (χ2v) is 6.00. The highest BCUT2D eigenvalue weighted by Crippen LogP contribution is 2.26. The van der Waals surface area contributed by atoms with E-state index < -0.39 is 11.0 Å². The summed E-state index contributed by atoms with van der Waals surface area (Å²) in [5.41, 5.74) is 1.01. The molecule has 0 aromatic heterocycles. The van der Waals surface area contributed by atoms with E-state index in [-0.39, 0.29) is 11.7 Å². The molecule has 3 rings (SSSR count). The lowest BCUT2D eigenvalue weighted by Gasteiger charge is -2.39. The molecule has 130 valence electrons. The van der Waals surface area contributed by atoms with E-state index in [0.717, 1.165) is 18.7 Å². The van der Waals surface area contributed by atoms with E-state index in [1.807, 2.05) is 37.4 Å². The summed E-state index contributed by atoms with van der Waals surface area (Å²) < 4.78 is 5.42. The van der Waals surface area contributed by atoms with Gasteiger partial charge in [0, 0.05) is 31.8 Å². The van der Waals surface area contributed by atoms with E-state index in [2.05, 4.69) is 4.90 Å². The van der Waals surface area contributed by atoms with Gasteiger partial charge in [-0.15, -0.1) is 0 Å². The Labute approximate surface area is 145 Å². The monoisotopic (exact) mass is 341 g/mol. The number of hydrogen-bond acceptors (Lipinski definition) is 5. The zero-order chi connectivity index (χ0) is 17.8. The number of ether oxygens (including phenoxy) is 1. The first-order valence-corrected chi connectivity index (χ1v) is 8.01. The van der Waals surface area contributed by atoms with Gasteiger partial charge in [-0.2, -0.15) is 0 Å². The summed E-state index contributed by atoms with van der Waals surface area (Å²) in [6, 6.07) is 15.2. The normalized spacial score (nSPS) is 18.0. The van der Waals surface area contributed by atoms with Gasteiger partial charge < -0.3 is 9.64 Å². The van der Waals surface area contributed by atoms with Crippen LogP contribution in [0.15, 0.2) is 54.6 Å². The van der Waals surface area contributed by atoms with Crippen molar-refractivity contribution in [2.75, 3.05) is 26.7 Å². The average molecular weight is 341 g/mol. The largest absolute Gasteiger partial charge is 0.415 e. The molecule has 0 N–H and O–H groups in total. The summed E-state index contributed by atoms with van der Waals surface area (Å²) in [6.45, 7) is 2.04. The molecule has 25 heavy (non-hydrogen) atoms. The van der Waals surface area contributed by atoms with Gasteiger partial charge in [0.05, 0.1) is 11.0 Å². The zero-order valence-corrected chi connectivity index (χ0v) is 13.9. The molecule has 1 aliphatic rings. The molecule has 1 unspecified atom stereocenters. The molecule has 1 amide bonds. The van der Waals surface area contributed by atoms with Crippen LogP contribution in [0.4, 0.5) is 10.5 Å². The standard InChI is InChI=1S/C18H19N3O4/c1-19-11-12-20(17(13-19)14-5-3-2-4-6-14)18(22)25-16-9-7-15(8-10-16)21(23)24/h2-10,17H,11-13H2,1H3. The SMILES string of the molecule is CN1CCN(C(=O)Oc2ccc([N+](=O)[O-])cc2)C(c2ccccc2)C1. The number of nitro groups is 1. The Hall–Kier alpha value is -2.93. The van der Waals surface area contributed by atoms with Crippen LogP contribution in [0.3, 0.4) is 0 Å². The Morgan fingerprint density at radius 1 is 1.12 bits per heavy atom. The number of benzene rings is 2. The van der Waals surface area contributed by atoms with Crippen LogP contribution in [0.25, 0.3) is 0 Å². The van der Waals surface area contributed by atoms with Crippen molar-refractivity contribution in [3.63, 3.8) is 0 Å². The van der Waals surface area contributed by atoms with Gasteiger partial charge in [0.15, 0.2) is 0 Å². The summed E-state index contributed by atoms with van der Waals surface area (Å²) in [4.78, 5) is 26.7. The molecule has 0 radical (unpaired) electrons. The minimum Gasteiger partial charge on any atom is -0.410 e.